The summed E-state index contributed by atoms with van der Waals surface area (Å²) in [6.07, 6.45) is 5.30. The van der Waals surface area contributed by atoms with Crippen LogP contribution in [0.1, 0.15) is 50.6 Å². The normalized spacial score (nSPS) is 18.4. The molecule has 1 fully saturated rings. The number of nitrogens with two attached hydrogens (primary N) is 1. The summed E-state index contributed by atoms with van der Waals surface area (Å²) in [6.45, 7) is 1.48. The molecule has 1 aliphatic carbocycles. The zero-order chi connectivity index (χ0) is 14.5. The first kappa shape index (κ1) is 18.0. The van der Waals surface area contributed by atoms with Gasteiger partial charge in [0.1, 0.15) is 0 Å². The van der Waals surface area contributed by atoms with Crippen molar-refractivity contribution in [1.82, 2.24) is 0 Å². The van der Waals surface area contributed by atoms with Crippen molar-refractivity contribution >= 4 is 24.0 Å². The Kier molecular flexibility index (Phi) is 7.15. The molecule has 0 unspecified atom stereocenters. The van der Waals surface area contributed by atoms with Gasteiger partial charge < -0.3 is 16.2 Å². The molecule has 5 heteroatoms. The maximum Gasteiger partial charge on any atom is 0.221 e. The van der Waals surface area contributed by atoms with Gasteiger partial charge in [0.15, 0.2) is 0 Å². The number of aliphatic hydroxyl groups is 1. The molecule has 0 saturated heterocycles. The van der Waals surface area contributed by atoms with Crippen molar-refractivity contribution < 1.29 is 9.90 Å². The van der Waals surface area contributed by atoms with Gasteiger partial charge in [0.05, 0.1) is 12.1 Å². The third kappa shape index (κ3) is 4.99. The molecular formula is C16H25ClN2O2. The predicted molar refractivity (Wildman–Crippen MR) is 87.5 cm³/mol. The number of aliphatic hydroxyl groups excluding tert-OH is 1. The largest absolute Gasteiger partial charge is 0.391 e. The van der Waals surface area contributed by atoms with Crippen LogP contribution in [-0.4, -0.2) is 17.1 Å². The Labute approximate surface area is 132 Å². The van der Waals surface area contributed by atoms with E-state index in [4.69, 9.17) is 5.73 Å². The zero-order valence-electron chi connectivity index (χ0n) is 12.4. The van der Waals surface area contributed by atoms with Crippen molar-refractivity contribution in [2.24, 2.45) is 11.7 Å². The van der Waals surface area contributed by atoms with E-state index in [9.17, 15) is 9.90 Å². The van der Waals surface area contributed by atoms with Gasteiger partial charge in [0, 0.05) is 12.6 Å². The van der Waals surface area contributed by atoms with Crippen LogP contribution >= 0.6 is 12.4 Å². The molecule has 0 spiro atoms. The van der Waals surface area contributed by atoms with Crippen LogP contribution in [0.25, 0.3) is 0 Å². The molecular weight excluding hydrogens is 288 g/mol. The molecule has 0 heterocycles. The maximum absolute atomic E-state index is 11.0. The molecule has 118 valence electrons. The fourth-order valence-electron chi connectivity index (χ4n) is 2.96. The predicted octanol–water partition coefficient (Wildman–Crippen LogP) is 3.01. The number of hydrogen-bond donors (Lipinski definition) is 3. The topological polar surface area (TPSA) is 75.4 Å². The lowest BCUT2D eigenvalue weighted by atomic mass is 9.81. The van der Waals surface area contributed by atoms with E-state index in [0.717, 1.165) is 24.1 Å². The van der Waals surface area contributed by atoms with Crippen LogP contribution < -0.4 is 11.1 Å². The second kappa shape index (κ2) is 8.37. The third-order valence-corrected chi connectivity index (χ3v) is 4.12. The molecule has 0 aliphatic heterocycles. The molecule has 4 nitrogen and oxygen atoms in total. The lowest BCUT2D eigenvalue weighted by Gasteiger charge is -2.30. The quantitative estimate of drug-likeness (QED) is 0.800. The Morgan fingerprint density at radius 2 is 1.81 bits per heavy atom. The number of benzene rings is 1. The van der Waals surface area contributed by atoms with E-state index < -0.39 is 6.10 Å². The van der Waals surface area contributed by atoms with Crippen LogP contribution in [0, 0.1) is 5.92 Å². The Morgan fingerprint density at radius 1 is 1.24 bits per heavy atom. The second-order valence-corrected chi connectivity index (χ2v) is 5.72. The molecule has 0 aromatic heterocycles. The first-order valence-corrected chi connectivity index (χ1v) is 7.39. The van der Waals surface area contributed by atoms with E-state index in [0.29, 0.717) is 5.92 Å². The smallest absolute Gasteiger partial charge is 0.221 e. The number of carbonyl (C=O) groups excluding carboxylic acids is 1. The summed E-state index contributed by atoms with van der Waals surface area (Å²) in [5.74, 6) is 0.220. The highest BCUT2D eigenvalue weighted by atomic mass is 35.5. The molecule has 0 bridgehead atoms. The first-order valence-electron chi connectivity index (χ1n) is 7.39. The number of hydrogen-bond acceptors (Lipinski definition) is 3. The summed E-state index contributed by atoms with van der Waals surface area (Å²) >= 11 is 0. The zero-order valence-corrected chi connectivity index (χ0v) is 13.2. The molecule has 21 heavy (non-hydrogen) atoms. The number of carbonyl (C=O) groups is 1. The number of rotatable bonds is 4. The number of halogens is 1. The maximum atomic E-state index is 11.0. The van der Waals surface area contributed by atoms with Crippen molar-refractivity contribution in [3.05, 3.63) is 29.8 Å². The molecule has 1 amide bonds. The van der Waals surface area contributed by atoms with Gasteiger partial charge >= 0.3 is 0 Å². The molecule has 2 atom stereocenters. The second-order valence-electron chi connectivity index (χ2n) is 5.72. The van der Waals surface area contributed by atoms with Crippen molar-refractivity contribution in [3.8, 4) is 0 Å². The van der Waals surface area contributed by atoms with E-state index in [2.05, 4.69) is 5.32 Å². The van der Waals surface area contributed by atoms with Crippen LogP contribution in [0.15, 0.2) is 24.3 Å². The third-order valence-electron chi connectivity index (χ3n) is 4.12. The summed E-state index contributed by atoms with van der Waals surface area (Å²) in [6, 6.07) is 7.04. The Balaban J connectivity index is 0.00000220. The minimum absolute atomic E-state index is 0. The average molecular weight is 313 g/mol. The molecule has 4 N–H and O–H groups in total. The summed E-state index contributed by atoms with van der Waals surface area (Å²) < 4.78 is 0. The van der Waals surface area contributed by atoms with Crippen LogP contribution in [0.4, 0.5) is 5.69 Å². The monoisotopic (exact) mass is 312 g/mol. The van der Waals surface area contributed by atoms with Crippen LogP contribution in [0.3, 0.4) is 0 Å². The highest BCUT2D eigenvalue weighted by molar-refractivity contribution is 5.88. The molecule has 0 radical (unpaired) electrons. The van der Waals surface area contributed by atoms with Crippen LogP contribution in [-0.2, 0) is 4.79 Å². The molecule has 2 rings (SSSR count). The Morgan fingerprint density at radius 3 is 2.33 bits per heavy atom. The minimum atomic E-state index is -0.484. The molecule has 1 aromatic rings. The summed E-state index contributed by atoms with van der Waals surface area (Å²) in [4.78, 5) is 11.0. The molecule has 1 aliphatic rings. The number of nitrogens with one attached hydrogen (secondary N) is 1. The SMILES string of the molecule is CC(=O)Nc1ccc([C@H](N)[C@H](O)C2CCCCC2)cc1.Cl. The van der Waals surface area contributed by atoms with Gasteiger partial charge in [0.25, 0.3) is 0 Å². The van der Waals surface area contributed by atoms with Gasteiger partial charge in [-0.1, -0.05) is 31.4 Å². The summed E-state index contributed by atoms with van der Waals surface area (Å²) in [7, 11) is 0. The van der Waals surface area contributed by atoms with Crippen LogP contribution in [0.2, 0.25) is 0 Å². The van der Waals surface area contributed by atoms with E-state index in [1.165, 1.54) is 26.2 Å². The summed E-state index contributed by atoms with van der Waals surface area (Å²) in [5.41, 5.74) is 7.85. The highest BCUT2D eigenvalue weighted by Gasteiger charge is 2.27. The van der Waals surface area contributed by atoms with Gasteiger partial charge in [0.2, 0.25) is 5.91 Å². The van der Waals surface area contributed by atoms with Gasteiger partial charge in [-0.05, 0) is 36.5 Å². The van der Waals surface area contributed by atoms with Crippen molar-refractivity contribution in [2.45, 2.75) is 51.2 Å². The fourth-order valence-corrected chi connectivity index (χ4v) is 2.96. The Hall–Kier alpha value is -1.10. The van der Waals surface area contributed by atoms with Crippen molar-refractivity contribution in [3.63, 3.8) is 0 Å². The number of anilines is 1. The standard InChI is InChI=1S/C16H24N2O2.ClH/c1-11(19)18-14-9-7-12(8-10-14)15(17)16(20)13-5-3-2-4-6-13;/h7-10,13,15-16,20H,2-6,17H2,1H3,(H,18,19);1H/t15-,16+;/m0./s1. The van der Waals surface area contributed by atoms with Crippen molar-refractivity contribution in [2.75, 3.05) is 5.32 Å². The Bertz CT molecular complexity index is 444. The van der Waals surface area contributed by atoms with Gasteiger partial charge in [-0.15, -0.1) is 12.4 Å². The lowest BCUT2D eigenvalue weighted by Crippen LogP contribution is -2.34. The average Bonchev–Trinajstić information content (AvgIpc) is 2.47. The summed E-state index contributed by atoms with van der Waals surface area (Å²) in [5, 5.41) is 13.1. The van der Waals surface area contributed by atoms with Crippen molar-refractivity contribution in [1.29, 1.82) is 0 Å². The highest BCUT2D eigenvalue weighted by Crippen LogP contribution is 2.31. The van der Waals surface area contributed by atoms with Gasteiger partial charge in [-0.2, -0.15) is 0 Å². The van der Waals surface area contributed by atoms with Gasteiger partial charge in [-0.3, -0.25) is 4.79 Å². The van der Waals surface area contributed by atoms with E-state index in [-0.39, 0.29) is 24.4 Å². The van der Waals surface area contributed by atoms with E-state index in [1.54, 1.807) is 0 Å². The van der Waals surface area contributed by atoms with E-state index >= 15 is 0 Å². The van der Waals surface area contributed by atoms with E-state index in [1.807, 2.05) is 24.3 Å². The molecule has 1 aromatic carbocycles. The molecule has 1 saturated carbocycles. The number of amides is 1. The first-order chi connectivity index (χ1) is 9.58. The van der Waals surface area contributed by atoms with Gasteiger partial charge in [-0.25, -0.2) is 0 Å². The fraction of sp³-hybridized carbons (Fsp3) is 0.562. The lowest BCUT2D eigenvalue weighted by molar-refractivity contribution is -0.114. The minimum Gasteiger partial charge on any atom is -0.391 e. The van der Waals surface area contributed by atoms with Crippen LogP contribution in [0.5, 0.6) is 0 Å².